The smallest absolute Gasteiger partial charge is 0.314 e. The van der Waals surface area contributed by atoms with Crippen LogP contribution in [0.15, 0.2) is 0 Å². The fourth-order valence-corrected chi connectivity index (χ4v) is 2.03. The average Bonchev–Trinajstić information content (AvgIpc) is 3.20. The number of ether oxygens (including phenoxy) is 1. The summed E-state index contributed by atoms with van der Waals surface area (Å²) in [6, 6.07) is -0.127. The molecule has 0 aromatic carbocycles. The molecule has 0 unspecified atom stereocenters. The van der Waals surface area contributed by atoms with E-state index in [0.717, 1.165) is 32.1 Å². The highest BCUT2D eigenvalue weighted by molar-refractivity contribution is 5.73. The summed E-state index contributed by atoms with van der Waals surface area (Å²) in [5.74, 6) is -0.246. The Bertz CT molecular complexity index is 345. The lowest BCUT2D eigenvalue weighted by Gasteiger charge is -2.10. The quantitative estimate of drug-likeness (QED) is 0.272. The van der Waals surface area contributed by atoms with Crippen molar-refractivity contribution >= 4 is 12.0 Å². The van der Waals surface area contributed by atoms with Crippen molar-refractivity contribution in [1.29, 1.82) is 0 Å². The van der Waals surface area contributed by atoms with Gasteiger partial charge in [0.15, 0.2) is 0 Å². The Labute approximate surface area is 126 Å². The van der Waals surface area contributed by atoms with Crippen LogP contribution < -0.4 is 21.5 Å². The van der Waals surface area contributed by atoms with Gasteiger partial charge in [-0.25, -0.2) is 15.6 Å². The first-order valence-corrected chi connectivity index (χ1v) is 7.61. The van der Waals surface area contributed by atoms with E-state index in [0.29, 0.717) is 13.1 Å². The molecule has 1 rings (SSSR count). The molecule has 1 heterocycles. The summed E-state index contributed by atoms with van der Waals surface area (Å²) in [6.45, 7) is 5.24. The van der Waals surface area contributed by atoms with E-state index in [1.54, 1.807) is 0 Å². The molecule has 1 atom stereocenters. The molecule has 2 amide bonds. The van der Waals surface area contributed by atoms with Crippen molar-refractivity contribution in [1.82, 2.24) is 21.5 Å². The number of amides is 2. The van der Waals surface area contributed by atoms with Gasteiger partial charge in [-0.1, -0.05) is 13.3 Å². The number of esters is 1. The van der Waals surface area contributed by atoms with E-state index < -0.39 is 0 Å². The molecule has 0 aromatic rings. The van der Waals surface area contributed by atoms with E-state index in [1.165, 1.54) is 7.11 Å². The monoisotopic (exact) mass is 300 g/mol. The Morgan fingerprint density at radius 3 is 2.33 bits per heavy atom. The first-order chi connectivity index (χ1) is 9.97. The van der Waals surface area contributed by atoms with E-state index in [4.69, 9.17) is 0 Å². The predicted molar refractivity (Wildman–Crippen MR) is 80.3 cm³/mol. The fourth-order valence-electron chi connectivity index (χ4n) is 2.03. The molecule has 0 radical (unpaired) electrons. The molecule has 0 bridgehead atoms. The lowest BCUT2D eigenvalue weighted by Crippen LogP contribution is -2.36. The zero-order valence-electron chi connectivity index (χ0n) is 13.3. The van der Waals surface area contributed by atoms with Crippen LogP contribution in [0.2, 0.25) is 0 Å². The standard InChI is InChI=1S/C14H28N4O3/c1-11(12(19)21-3)7-4-5-9-15-13(20)16-10-6-8-14(2)17-18-14/h11,17-18H,4-10H2,1-3H3,(H2,15,16,20)/t11-/m0/s1. The zero-order valence-corrected chi connectivity index (χ0v) is 13.3. The lowest BCUT2D eigenvalue weighted by molar-refractivity contribution is -0.145. The topological polar surface area (TPSA) is 111 Å². The normalized spacial score (nSPS) is 16.9. The number of methoxy groups -OCH3 is 1. The maximum atomic E-state index is 11.5. The molecule has 0 aliphatic carbocycles. The summed E-state index contributed by atoms with van der Waals surface area (Å²) in [5.41, 5.74) is 6.18. The number of hydrazine groups is 1. The highest BCUT2D eigenvalue weighted by Gasteiger charge is 2.34. The van der Waals surface area contributed by atoms with Crippen LogP contribution in [-0.2, 0) is 9.53 Å². The van der Waals surface area contributed by atoms with E-state index in [9.17, 15) is 9.59 Å². The second-order valence-corrected chi connectivity index (χ2v) is 5.79. The number of hydrogen-bond acceptors (Lipinski definition) is 5. The summed E-state index contributed by atoms with van der Waals surface area (Å²) in [5, 5.41) is 5.65. The minimum atomic E-state index is -0.172. The van der Waals surface area contributed by atoms with E-state index in [2.05, 4.69) is 33.1 Å². The largest absolute Gasteiger partial charge is 0.469 e. The van der Waals surface area contributed by atoms with Gasteiger partial charge in [-0.2, -0.15) is 0 Å². The van der Waals surface area contributed by atoms with Crippen LogP contribution in [0.4, 0.5) is 4.79 Å². The van der Waals surface area contributed by atoms with Crippen molar-refractivity contribution in [3.05, 3.63) is 0 Å². The zero-order chi connectivity index (χ0) is 15.7. The average molecular weight is 300 g/mol. The minimum Gasteiger partial charge on any atom is -0.469 e. The minimum absolute atomic E-state index is 0.0640. The van der Waals surface area contributed by atoms with Gasteiger partial charge in [-0.15, -0.1) is 0 Å². The molecule has 1 saturated heterocycles. The highest BCUT2D eigenvalue weighted by atomic mass is 16.5. The third-order valence-corrected chi connectivity index (χ3v) is 3.64. The molecule has 122 valence electrons. The molecule has 0 aromatic heterocycles. The van der Waals surface area contributed by atoms with Crippen LogP contribution in [-0.4, -0.2) is 37.9 Å². The summed E-state index contributed by atoms with van der Waals surface area (Å²) in [7, 11) is 1.40. The third-order valence-electron chi connectivity index (χ3n) is 3.64. The number of carbonyl (C=O) groups excluding carboxylic acids is 2. The van der Waals surface area contributed by atoms with Crippen LogP contribution in [0, 0.1) is 5.92 Å². The molecule has 0 spiro atoms. The highest BCUT2D eigenvalue weighted by Crippen LogP contribution is 2.14. The Kier molecular flexibility index (Phi) is 7.45. The lowest BCUT2D eigenvalue weighted by atomic mass is 10.0. The van der Waals surface area contributed by atoms with Gasteiger partial charge >= 0.3 is 12.0 Å². The van der Waals surface area contributed by atoms with E-state index >= 15 is 0 Å². The molecule has 1 aliphatic heterocycles. The molecule has 21 heavy (non-hydrogen) atoms. The van der Waals surface area contributed by atoms with E-state index in [1.807, 2.05) is 6.92 Å². The fraction of sp³-hybridized carbons (Fsp3) is 0.857. The second-order valence-electron chi connectivity index (χ2n) is 5.79. The third kappa shape index (κ3) is 7.87. The molecule has 4 N–H and O–H groups in total. The molecular formula is C14H28N4O3. The molecule has 7 nitrogen and oxygen atoms in total. The number of nitrogens with one attached hydrogen (secondary N) is 4. The number of carbonyl (C=O) groups is 2. The van der Waals surface area contributed by atoms with Crippen molar-refractivity contribution in [3.8, 4) is 0 Å². The van der Waals surface area contributed by atoms with Crippen LogP contribution in [0.25, 0.3) is 0 Å². The summed E-state index contributed by atoms with van der Waals surface area (Å²) < 4.78 is 4.66. The molecule has 7 heteroatoms. The molecular weight excluding hydrogens is 272 g/mol. The number of unbranched alkanes of at least 4 members (excludes halogenated alkanes) is 1. The van der Waals surface area contributed by atoms with Gasteiger partial charge < -0.3 is 15.4 Å². The molecule has 0 saturated carbocycles. The van der Waals surface area contributed by atoms with Gasteiger partial charge in [0, 0.05) is 13.1 Å². The Hall–Kier alpha value is -1.34. The number of rotatable bonds is 10. The summed E-state index contributed by atoms with van der Waals surface area (Å²) in [6.07, 6.45) is 4.46. The van der Waals surface area contributed by atoms with Gasteiger partial charge in [0.05, 0.1) is 18.7 Å². The number of hydrogen-bond donors (Lipinski definition) is 4. The molecule has 1 aliphatic rings. The maximum absolute atomic E-state index is 11.5. The van der Waals surface area contributed by atoms with Gasteiger partial charge in [0.25, 0.3) is 0 Å². The first kappa shape index (κ1) is 17.7. The Morgan fingerprint density at radius 2 is 1.76 bits per heavy atom. The van der Waals surface area contributed by atoms with Gasteiger partial charge in [0.2, 0.25) is 0 Å². The van der Waals surface area contributed by atoms with Crippen molar-refractivity contribution in [2.75, 3.05) is 20.2 Å². The van der Waals surface area contributed by atoms with Crippen LogP contribution >= 0.6 is 0 Å². The Balaban J connectivity index is 1.89. The van der Waals surface area contributed by atoms with E-state index in [-0.39, 0.29) is 23.6 Å². The van der Waals surface area contributed by atoms with Crippen molar-refractivity contribution in [2.45, 2.75) is 51.6 Å². The van der Waals surface area contributed by atoms with Crippen molar-refractivity contribution in [3.63, 3.8) is 0 Å². The van der Waals surface area contributed by atoms with Crippen LogP contribution in [0.1, 0.15) is 46.0 Å². The summed E-state index contributed by atoms with van der Waals surface area (Å²) in [4.78, 5) is 22.7. The summed E-state index contributed by atoms with van der Waals surface area (Å²) >= 11 is 0. The maximum Gasteiger partial charge on any atom is 0.314 e. The first-order valence-electron chi connectivity index (χ1n) is 7.61. The second kappa shape index (κ2) is 8.84. The Morgan fingerprint density at radius 1 is 1.14 bits per heavy atom. The van der Waals surface area contributed by atoms with Gasteiger partial charge in [0.1, 0.15) is 0 Å². The number of urea groups is 1. The predicted octanol–water partition coefficient (Wildman–Crippen LogP) is 0.869. The van der Waals surface area contributed by atoms with Crippen molar-refractivity contribution in [2.24, 2.45) is 5.92 Å². The van der Waals surface area contributed by atoms with Gasteiger partial charge in [-0.05, 0) is 32.6 Å². The SMILES string of the molecule is COC(=O)[C@@H](C)CCCCNC(=O)NCCCC1(C)NN1. The van der Waals surface area contributed by atoms with Crippen LogP contribution in [0.5, 0.6) is 0 Å². The van der Waals surface area contributed by atoms with Gasteiger partial charge in [-0.3, -0.25) is 4.79 Å². The molecule has 1 fully saturated rings. The van der Waals surface area contributed by atoms with Crippen molar-refractivity contribution < 1.29 is 14.3 Å². The van der Waals surface area contributed by atoms with Crippen LogP contribution in [0.3, 0.4) is 0 Å².